The molecule has 1 N–H and O–H groups in total. The van der Waals surface area contributed by atoms with Crippen LogP contribution in [0.4, 0.5) is 0 Å². The summed E-state index contributed by atoms with van der Waals surface area (Å²) < 4.78 is 11.2. The number of benzene rings is 1. The van der Waals surface area contributed by atoms with Gasteiger partial charge >= 0.3 is 0 Å². The molecule has 4 heteroatoms. The largest absolute Gasteiger partial charge is 0.379 e. The molecule has 116 valence electrons. The van der Waals surface area contributed by atoms with Crippen molar-refractivity contribution < 1.29 is 9.47 Å². The number of hydrogen-bond acceptors (Lipinski definition) is 4. The molecular formula is C17H26N2O2. The second-order valence-corrected chi connectivity index (χ2v) is 5.46. The van der Waals surface area contributed by atoms with Gasteiger partial charge in [-0.05, 0) is 33.3 Å². The van der Waals surface area contributed by atoms with Crippen molar-refractivity contribution in [2.75, 3.05) is 19.8 Å². The van der Waals surface area contributed by atoms with Gasteiger partial charge in [0, 0.05) is 12.6 Å². The number of nitriles is 1. The highest BCUT2D eigenvalue weighted by Gasteiger charge is 2.33. The highest BCUT2D eigenvalue weighted by molar-refractivity contribution is 5.31. The summed E-state index contributed by atoms with van der Waals surface area (Å²) in [6.07, 6.45) is -0.0460. The van der Waals surface area contributed by atoms with E-state index in [1.807, 2.05) is 58.0 Å². The van der Waals surface area contributed by atoms with Crippen LogP contribution < -0.4 is 5.32 Å². The first-order valence-electron chi connectivity index (χ1n) is 7.48. The van der Waals surface area contributed by atoms with Crippen LogP contribution in [0, 0.1) is 11.3 Å². The molecule has 0 spiro atoms. The summed E-state index contributed by atoms with van der Waals surface area (Å²) in [7, 11) is 0. The van der Waals surface area contributed by atoms with Crippen molar-refractivity contribution in [3.05, 3.63) is 35.9 Å². The lowest BCUT2D eigenvalue weighted by Crippen LogP contribution is -2.49. The van der Waals surface area contributed by atoms with Gasteiger partial charge in [-0.1, -0.05) is 30.3 Å². The second kappa shape index (κ2) is 8.78. The van der Waals surface area contributed by atoms with E-state index in [-0.39, 0.29) is 12.1 Å². The van der Waals surface area contributed by atoms with Crippen LogP contribution in [0.3, 0.4) is 0 Å². The van der Waals surface area contributed by atoms with E-state index in [0.29, 0.717) is 19.8 Å². The lowest BCUT2D eigenvalue weighted by Gasteiger charge is -2.31. The van der Waals surface area contributed by atoms with Crippen molar-refractivity contribution in [3.8, 4) is 6.07 Å². The Balaban J connectivity index is 2.85. The third kappa shape index (κ3) is 5.47. The minimum atomic E-state index is -0.837. The van der Waals surface area contributed by atoms with Crippen molar-refractivity contribution >= 4 is 0 Å². The van der Waals surface area contributed by atoms with Crippen LogP contribution in [-0.2, 0) is 15.0 Å². The Morgan fingerprint density at radius 3 is 2.43 bits per heavy atom. The normalized spacial score (nSPS) is 15.4. The van der Waals surface area contributed by atoms with Gasteiger partial charge in [0.1, 0.15) is 0 Å². The molecule has 0 heterocycles. The smallest absolute Gasteiger partial charge is 0.156 e. The first-order chi connectivity index (χ1) is 10.0. The molecule has 1 rings (SSSR count). The van der Waals surface area contributed by atoms with Crippen molar-refractivity contribution in [2.45, 2.75) is 45.4 Å². The molecule has 1 aromatic carbocycles. The van der Waals surface area contributed by atoms with E-state index in [4.69, 9.17) is 9.47 Å². The van der Waals surface area contributed by atoms with Gasteiger partial charge in [0.25, 0.3) is 0 Å². The van der Waals surface area contributed by atoms with Crippen LogP contribution in [0.5, 0.6) is 0 Å². The Bertz CT molecular complexity index is 442. The molecule has 4 nitrogen and oxygen atoms in total. The van der Waals surface area contributed by atoms with Crippen LogP contribution >= 0.6 is 0 Å². The summed E-state index contributed by atoms with van der Waals surface area (Å²) in [4.78, 5) is 0. The van der Waals surface area contributed by atoms with Gasteiger partial charge in [-0.2, -0.15) is 5.26 Å². The minimum absolute atomic E-state index is 0.0460. The van der Waals surface area contributed by atoms with Gasteiger partial charge in [-0.25, -0.2) is 0 Å². The lowest BCUT2D eigenvalue weighted by atomic mass is 9.91. The average Bonchev–Trinajstić information content (AvgIpc) is 2.50. The van der Waals surface area contributed by atoms with Gasteiger partial charge in [0.15, 0.2) is 5.54 Å². The number of nitrogens with zero attached hydrogens (tertiary/aromatic N) is 1. The molecule has 21 heavy (non-hydrogen) atoms. The zero-order chi connectivity index (χ0) is 15.7. The molecule has 1 aromatic rings. The molecule has 2 atom stereocenters. The summed E-state index contributed by atoms with van der Waals surface area (Å²) in [6, 6.07) is 12.3. The van der Waals surface area contributed by atoms with Crippen LogP contribution in [0.2, 0.25) is 0 Å². The van der Waals surface area contributed by atoms with E-state index in [1.165, 1.54) is 0 Å². The van der Waals surface area contributed by atoms with Gasteiger partial charge in [0.05, 0.1) is 25.4 Å². The van der Waals surface area contributed by atoms with E-state index in [0.717, 1.165) is 5.56 Å². The highest BCUT2D eigenvalue weighted by atomic mass is 16.5. The predicted molar refractivity (Wildman–Crippen MR) is 83.9 cm³/mol. The zero-order valence-electron chi connectivity index (χ0n) is 13.4. The van der Waals surface area contributed by atoms with E-state index in [9.17, 15) is 5.26 Å². The third-order valence-electron chi connectivity index (χ3n) is 3.13. The van der Waals surface area contributed by atoms with Crippen molar-refractivity contribution in [2.24, 2.45) is 0 Å². The monoisotopic (exact) mass is 290 g/mol. The highest BCUT2D eigenvalue weighted by Crippen LogP contribution is 2.22. The Morgan fingerprint density at radius 1 is 1.24 bits per heavy atom. The summed E-state index contributed by atoms with van der Waals surface area (Å²) in [6.45, 7) is 9.46. The summed E-state index contributed by atoms with van der Waals surface area (Å²) >= 11 is 0. The predicted octanol–water partition coefficient (Wildman–Crippen LogP) is 2.85. The maximum Gasteiger partial charge on any atom is 0.156 e. The van der Waals surface area contributed by atoms with Crippen LogP contribution in [0.1, 0.15) is 33.3 Å². The molecule has 0 bridgehead atoms. The molecule has 0 aliphatic heterocycles. The van der Waals surface area contributed by atoms with Crippen molar-refractivity contribution in [1.82, 2.24) is 5.32 Å². The molecule has 0 aliphatic rings. The molecule has 0 saturated heterocycles. The summed E-state index contributed by atoms with van der Waals surface area (Å²) in [5.74, 6) is 0. The van der Waals surface area contributed by atoms with Crippen LogP contribution in [0.15, 0.2) is 30.3 Å². The standard InChI is InChI=1S/C17H26N2O2/c1-5-20-11-15(4)21-13-17(12-18,19-14(2)3)16-9-7-6-8-10-16/h6-10,14-15,19H,5,11,13H2,1-4H3. The number of nitrogens with one attached hydrogen (secondary N) is 1. The molecule has 0 aliphatic carbocycles. The SMILES string of the molecule is CCOCC(C)OCC(C#N)(NC(C)C)c1ccccc1. The van der Waals surface area contributed by atoms with Gasteiger partial charge in [0.2, 0.25) is 0 Å². The van der Waals surface area contributed by atoms with E-state index < -0.39 is 5.54 Å². The molecule has 0 fully saturated rings. The lowest BCUT2D eigenvalue weighted by molar-refractivity contribution is -0.0220. The van der Waals surface area contributed by atoms with Crippen LogP contribution in [0.25, 0.3) is 0 Å². The average molecular weight is 290 g/mol. The Morgan fingerprint density at radius 2 is 1.90 bits per heavy atom. The number of ether oxygens (including phenoxy) is 2. The van der Waals surface area contributed by atoms with Gasteiger partial charge in [-0.3, -0.25) is 5.32 Å². The van der Waals surface area contributed by atoms with Crippen molar-refractivity contribution in [1.29, 1.82) is 5.26 Å². The fraction of sp³-hybridized carbons (Fsp3) is 0.588. The molecule has 2 unspecified atom stereocenters. The minimum Gasteiger partial charge on any atom is -0.379 e. The quantitative estimate of drug-likeness (QED) is 0.760. The molecule has 0 saturated carbocycles. The van der Waals surface area contributed by atoms with Gasteiger partial charge < -0.3 is 9.47 Å². The molecule has 0 radical (unpaired) electrons. The first kappa shape index (κ1) is 17.6. The fourth-order valence-electron chi connectivity index (χ4n) is 2.15. The van der Waals surface area contributed by atoms with Crippen molar-refractivity contribution in [3.63, 3.8) is 0 Å². The maximum absolute atomic E-state index is 9.74. The number of rotatable bonds is 9. The molecule has 0 aromatic heterocycles. The first-order valence-corrected chi connectivity index (χ1v) is 7.48. The zero-order valence-corrected chi connectivity index (χ0v) is 13.4. The fourth-order valence-corrected chi connectivity index (χ4v) is 2.15. The van der Waals surface area contributed by atoms with E-state index in [2.05, 4.69) is 11.4 Å². The maximum atomic E-state index is 9.74. The van der Waals surface area contributed by atoms with E-state index in [1.54, 1.807) is 0 Å². The Labute approximate surface area is 128 Å². The van der Waals surface area contributed by atoms with Crippen LogP contribution in [-0.4, -0.2) is 32.0 Å². The van der Waals surface area contributed by atoms with Gasteiger partial charge in [-0.15, -0.1) is 0 Å². The molecular weight excluding hydrogens is 264 g/mol. The van der Waals surface area contributed by atoms with E-state index >= 15 is 0 Å². The summed E-state index contributed by atoms with van der Waals surface area (Å²) in [5.41, 5.74) is 0.0837. The molecule has 0 amide bonds. The Kier molecular flexibility index (Phi) is 7.38. The third-order valence-corrected chi connectivity index (χ3v) is 3.13. The number of hydrogen-bond donors (Lipinski definition) is 1. The Hall–Kier alpha value is -1.41. The second-order valence-electron chi connectivity index (χ2n) is 5.46. The summed E-state index contributed by atoms with van der Waals surface area (Å²) in [5, 5.41) is 13.1. The topological polar surface area (TPSA) is 54.3 Å².